The standard InChI is InChI=1S/C16H22N2/c1-2-12-6-7-16-15(9-12)13(11-18-16)10-14-5-3-4-8-17-14/h6-7,9,11,14,17-18H,2-5,8,10H2,1H3. The van der Waals surface area contributed by atoms with Crippen molar-refractivity contribution >= 4 is 10.9 Å². The van der Waals surface area contributed by atoms with Gasteiger partial charge in [-0.3, -0.25) is 0 Å². The van der Waals surface area contributed by atoms with E-state index in [-0.39, 0.29) is 0 Å². The smallest absolute Gasteiger partial charge is 0.0456 e. The number of hydrogen-bond donors (Lipinski definition) is 2. The highest BCUT2D eigenvalue weighted by molar-refractivity contribution is 5.84. The Morgan fingerprint density at radius 3 is 3.00 bits per heavy atom. The first kappa shape index (κ1) is 11.8. The van der Waals surface area contributed by atoms with Crippen LogP contribution in [0.15, 0.2) is 24.4 Å². The fourth-order valence-corrected chi connectivity index (χ4v) is 2.98. The van der Waals surface area contributed by atoms with Crippen LogP contribution in [0.5, 0.6) is 0 Å². The number of hydrogen-bond acceptors (Lipinski definition) is 1. The van der Waals surface area contributed by atoms with Crippen LogP contribution in [-0.2, 0) is 12.8 Å². The van der Waals surface area contributed by atoms with Gasteiger partial charge in [0, 0.05) is 23.1 Å². The number of fused-ring (bicyclic) bond motifs is 1. The first-order valence-electron chi connectivity index (χ1n) is 7.19. The molecule has 18 heavy (non-hydrogen) atoms. The molecule has 0 amide bonds. The molecule has 0 radical (unpaired) electrons. The predicted octanol–water partition coefficient (Wildman–Crippen LogP) is 3.41. The molecule has 1 fully saturated rings. The highest BCUT2D eigenvalue weighted by atomic mass is 14.9. The van der Waals surface area contributed by atoms with Crippen LogP contribution >= 0.6 is 0 Å². The van der Waals surface area contributed by atoms with Crippen molar-refractivity contribution in [2.24, 2.45) is 0 Å². The van der Waals surface area contributed by atoms with Gasteiger partial charge in [-0.15, -0.1) is 0 Å². The van der Waals surface area contributed by atoms with Crippen molar-refractivity contribution in [2.75, 3.05) is 6.54 Å². The fraction of sp³-hybridized carbons (Fsp3) is 0.500. The molecule has 96 valence electrons. The monoisotopic (exact) mass is 242 g/mol. The third kappa shape index (κ3) is 2.30. The Kier molecular flexibility index (Phi) is 3.37. The van der Waals surface area contributed by atoms with Crippen molar-refractivity contribution in [2.45, 2.75) is 45.1 Å². The number of benzene rings is 1. The van der Waals surface area contributed by atoms with Crippen molar-refractivity contribution in [1.82, 2.24) is 10.3 Å². The van der Waals surface area contributed by atoms with Crippen LogP contribution in [0.25, 0.3) is 10.9 Å². The van der Waals surface area contributed by atoms with Gasteiger partial charge < -0.3 is 10.3 Å². The molecule has 1 aromatic heterocycles. The number of aryl methyl sites for hydroxylation is 1. The predicted molar refractivity (Wildman–Crippen MR) is 77.0 cm³/mol. The summed E-state index contributed by atoms with van der Waals surface area (Å²) in [6.45, 7) is 3.41. The number of rotatable bonds is 3. The van der Waals surface area contributed by atoms with Crippen molar-refractivity contribution in [3.05, 3.63) is 35.5 Å². The molecule has 2 heterocycles. The minimum absolute atomic E-state index is 0.669. The van der Waals surface area contributed by atoms with E-state index >= 15 is 0 Å². The quantitative estimate of drug-likeness (QED) is 0.848. The van der Waals surface area contributed by atoms with Gasteiger partial charge in [0.2, 0.25) is 0 Å². The number of aromatic nitrogens is 1. The summed E-state index contributed by atoms with van der Waals surface area (Å²) in [7, 11) is 0. The summed E-state index contributed by atoms with van der Waals surface area (Å²) >= 11 is 0. The second kappa shape index (κ2) is 5.15. The van der Waals surface area contributed by atoms with Gasteiger partial charge in [0.15, 0.2) is 0 Å². The van der Waals surface area contributed by atoms with Crippen molar-refractivity contribution in [3.8, 4) is 0 Å². The van der Waals surface area contributed by atoms with Crippen LogP contribution in [-0.4, -0.2) is 17.6 Å². The SMILES string of the molecule is CCc1ccc2[nH]cc(CC3CCCCN3)c2c1. The largest absolute Gasteiger partial charge is 0.361 e. The van der Waals surface area contributed by atoms with E-state index in [9.17, 15) is 0 Å². The molecule has 3 rings (SSSR count). The van der Waals surface area contributed by atoms with E-state index in [0.717, 1.165) is 12.8 Å². The number of aromatic amines is 1. The van der Waals surface area contributed by atoms with Gasteiger partial charge in [-0.05, 0) is 55.5 Å². The van der Waals surface area contributed by atoms with Gasteiger partial charge in [0.25, 0.3) is 0 Å². The fourth-order valence-electron chi connectivity index (χ4n) is 2.98. The van der Waals surface area contributed by atoms with Crippen LogP contribution in [0.1, 0.15) is 37.3 Å². The minimum Gasteiger partial charge on any atom is -0.361 e. The summed E-state index contributed by atoms with van der Waals surface area (Å²) in [5.74, 6) is 0. The average molecular weight is 242 g/mol. The maximum Gasteiger partial charge on any atom is 0.0456 e. The van der Waals surface area contributed by atoms with E-state index in [1.54, 1.807) is 0 Å². The highest BCUT2D eigenvalue weighted by Crippen LogP contribution is 2.23. The Balaban J connectivity index is 1.86. The normalized spacial score (nSPS) is 20.4. The van der Waals surface area contributed by atoms with Crippen molar-refractivity contribution in [1.29, 1.82) is 0 Å². The molecule has 1 aromatic carbocycles. The lowest BCUT2D eigenvalue weighted by Crippen LogP contribution is -2.35. The van der Waals surface area contributed by atoms with Crippen LogP contribution in [0, 0.1) is 0 Å². The van der Waals surface area contributed by atoms with Gasteiger partial charge in [-0.2, -0.15) is 0 Å². The Labute approximate surface area is 109 Å². The third-order valence-corrected chi connectivity index (χ3v) is 4.12. The summed E-state index contributed by atoms with van der Waals surface area (Å²) in [6, 6.07) is 7.46. The molecule has 2 heteroatoms. The molecular formula is C16H22N2. The van der Waals surface area contributed by atoms with Crippen LogP contribution in [0.4, 0.5) is 0 Å². The number of H-pyrrole nitrogens is 1. The number of piperidine rings is 1. The molecule has 1 atom stereocenters. The molecular weight excluding hydrogens is 220 g/mol. The first-order chi connectivity index (χ1) is 8.86. The summed E-state index contributed by atoms with van der Waals surface area (Å²) < 4.78 is 0. The van der Waals surface area contributed by atoms with Gasteiger partial charge in [0.05, 0.1) is 0 Å². The lowest BCUT2D eigenvalue weighted by molar-refractivity contribution is 0.400. The second-order valence-corrected chi connectivity index (χ2v) is 5.40. The van der Waals surface area contributed by atoms with Gasteiger partial charge in [-0.1, -0.05) is 19.4 Å². The minimum atomic E-state index is 0.669. The van der Waals surface area contributed by atoms with E-state index < -0.39 is 0 Å². The van der Waals surface area contributed by atoms with E-state index in [4.69, 9.17) is 0 Å². The Bertz CT molecular complexity index is 521. The third-order valence-electron chi connectivity index (χ3n) is 4.12. The van der Waals surface area contributed by atoms with Crippen LogP contribution < -0.4 is 5.32 Å². The molecule has 0 saturated carbocycles. The Morgan fingerprint density at radius 1 is 1.28 bits per heavy atom. The number of nitrogens with one attached hydrogen (secondary N) is 2. The zero-order valence-corrected chi connectivity index (χ0v) is 11.1. The zero-order chi connectivity index (χ0) is 12.4. The highest BCUT2D eigenvalue weighted by Gasteiger charge is 2.15. The Hall–Kier alpha value is -1.28. The molecule has 1 aliphatic heterocycles. The van der Waals surface area contributed by atoms with Crippen molar-refractivity contribution < 1.29 is 0 Å². The molecule has 1 unspecified atom stereocenters. The topological polar surface area (TPSA) is 27.8 Å². The summed E-state index contributed by atoms with van der Waals surface area (Å²) in [5, 5.41) is 5.06. The molecule has 1 saturated heterocycles. The zero-order valence-electron chi connectivity index (χ0n) is 11.1. The van der Waals surface area contributed by atoms with Crippen molar-refractivity contribution in [3.63, 3.8) is 0 Å². The van der Waals surface area contributed by atoms with Gasteiger partial charge >= 0.3 is 0 Å². The molecule has 0 spiro atoms. The first-order valence-corrected chi connectivity index (χ1v) is 7.19. The van der Waals surface area contributed by atoms with Gasteiger partial charge in [0.1, 0.15) is 0 Å². The molecule has 2 N–H and O–H groups in total. The van der Waals surface area contributed by atoms with Gasteiger partial charge in [-0.25, -0.2) is 0 Å². The van der Waals surface area contributed by atoms with Crippen LogP contribution in [0.3, 0.4) is 0 Å². The van der Waals surface area contributed by atoms with E-state index in [1.807, 2.05) is 0 Å². The lowest BCUT2D eigenvalue weighted by atomic mass is 9.97. The van der Waals surface area contributed by atoms with E-state index in [2.05, 4.69) is 41.6 Å². The van der Waals surface area contributed by atoms with E-state index in [1.165, 1.54) is 47.8 Å². The summed E-state index contributed by atoms with van der Waals surface area (Å²) in [6.07, 6.45) is 8.50. The molecule has 1 aliphatic rings. The molecule has 0 aliphatic carbocycles. The lowest BCUT2D eigenvalue weighted by Gasteiger charge is -2.23. The maximum atomic E-state index is 3.64. The molecule has 2 nitrogen and oxygen atoms in total. The maximum absolute atomic E-state index is 3.64. The summed E-state index contributed by atoms with van der Waals surface area (Å²) in [5.41, 5.74) is 4.18. The second-order valence-electron chi connectivity index (χ2n) is 5.40. The van der Waals surface area contributed by atoms with Crippen LogP contribution in [0.2, 0.25) is 0 Å². The molecule has 0 bridgehead atoms. The molecule has 2 aromatic rings. The van der Waals surface area contributed by atoms with E-state index in [0.29, 0.717) is 6.04 Å². The average Bonchev–Trinajstić information content (AvgIpc) is 2.82. The summed E-state index contributed by atoms with van der Waals surface area (Å²) in [4.78, 5) is 3.40. The Morgan fingerprint density at radius 2 is 2.22 bits per heavy atom.